The van der Waals surface area contributed by atoms with Crippen molar-refractivity contribution in [3.8, 4) is 17.2 Å². The van der Waals surface area contributed by atoms with Crippen molar-refractivity contribution in [1.82, 2.24) is 4.90 Å². The molecule has 0 saturated heterocycles. The lowest BCUT2D eigenvalue weighted by Gasteiger charge is -2.25. The molecule has 4 aromatic rings. The predicted octanol–water partition coefficient (Wildman–Crippen LogP) is 5.78. The lowest BCUT2D eigenvalue weighted by molar-refractivity contribution is 0.0730. The van der Waals surface area contributed by atoms with Gasteiger partial charge < -0.3 is 23.5 Å². The van der Waals surface area contributed by atoms with Gasteiger partial charge in [-0.2, -0.15) is 0 Å². The first-order valence-corrected chi connectivity index (χ1v) is 12.8. The maximum absolute atomic E-state index is 14.0. The summed E-state index contributed by atoms with van der Waals surface area (Å²) in [5, 5.41) is 0.504. The molecule has 1 aliphatic heterocycles. The van der Waals surface area contributed by atoms with E-state index < -0.39 is 6.04 Å². The number of carbonyl (C=O) groups excluding carboxylic acids is 1. The zero-order valence-corrected chi connectivity index (χ0v) is 22.6. The molecule has 1 aliphatic rings. The number of amides is 1. The van der Waals surface area contributed by atoms with E-state index in [1.54, 1.807) is 25.2 Å². The molecule has 200 valence electrons. The van der Waals surface area contributed by atoms with Crippen LogP contribution >= 0.6 is 0 Å². The van der Waals surface area contributed by atoms with Gasteiger partial charge in [-0.1, -0.05) is 36.9 Å². The number of nitrogens with zero attached hydrogens (tertiary/aromatic N) is 1. The van der Waals surface area contributed by atoms with E-state index >= 15 is 0 Å². The van der Waals surface area contributed by atoms with Crippen LogP contribution in [0.5, 0.6) is 17.2 Å². The molecule has 1 aromatic heterocycles. The van der Waals surface area contributed by atoms with Gasteiger partial charge in [-0.15, -0.1) is 0 Å². The second-order valence-corrected chi connectivity index (χ2v) is 9.64. The fraction of sp³-hybridized carbons (Fsp3) is 0.250. The number of rotatable bonds is 9. The van der Waals surface area contributed by atoms with Gasteiger partial charge >= 0.3 is 0 Å². The summed E-state index contributed by atoms with van der Waals surface area (Å²) >= 11 is 0. The highest BCUT2D eigenvalue weighted by molar-refractivity contribution is 5.99. The van der Waals surface area contributed by atoms with Crippen LogP contribution in [-0.4, -0.2) is 38.2 Å². The number of hydrogen-bond acceptors (Lipinski definition) is 6. The maximum atomic E-state index is 14.0. The Kier molecular flexibility index (Phi) is 7.15. The van der Waals surface area contributed by atoms with Gasteiger partial charge in [0, 0.05) is 6.54 Å². The second-order valence-electron chi connectivity index (χ2n) is 9.64. The van der Waals surface area contributed by atoms with Crippen molar-refractivity contribution in [3.63, 3.8) is 0 Å². The van der Waals surface area contributed by atoms with E-state index in [9.17, 15) is 9.59 Å². The maximum Gasteiger partial charge on any atom is 0.290 e. The molecule has 0 spiro atoms. The van der Waals surface area contributed by atoms with E-state index in [4.69, 9.17) is 18.6 Å². The first kappa shape index (κ1) is 26.1. The molecule has 7 heteroatoms. The van der Waals surface area contributed by atoms with Crippen LogP contribution in [0.25, 0.3) is 11.0 Å². The van der Waals surface area contributed by atoms with Gasteiger partial charge in [0.1, 0.15) is 17.9 Å². The third kappa shape index (κ3) is 4.76. The molecular weight excluding hydrogens is 494 g/mol. The minimum Gasteiger partial charge on any atom is -0.493 e. The average molecular weight is 526 g/mol. The number of methoxy groups -OCH3 is 2. The minimum absolute atomic E-state index is 0.0989. The van der Waals surface area contributed by atoms with Crippen LogP contribution in [-0.2, 0) is 6.42 Å². The first-order valence-electron chi connectivity index (χ1n) is 12.8. The Bertz CT molecular complexity index is 1620. The largest absolute Gasteiger partial charge is 0.493 e. The standard InChI is InChI=1S/C32H31NO6/c1-6-15-38-23-10-8-22(9-11-23)29-28-30(34)27-20(3)16-19(2)17-26(27)39-31(28)32(35)33(29)14-13-21-7-12-24(36-4)25(18-21)37-5/h6-12,16-18,29H,1,13-15H2,2-5H3. The lowest BCUT2D eigenvalue weighted by atomic mass is 9.96. The number of fused-ring (bicyclic) bond motifs is 2. The molecule has 0 N–H and O–H groups in total. The Morgan fingerprint density at radius 3 is 2.41 bits per heavy atom. The highest BCUT2D eigenvalue weighted by Crippen LogP contribution is 2.39. The van der Waals surface area contributed by atoms with Gasteiger partial charge in [-0.05, 0) is 72.9 Å². The summed E-state index contributed by atoms with van der Waals surface area (Å²) < 4.78 is 22.6. The molecule has 0 fully saturated rings. The van der Waals surface area contributed by atoms with Crippen LogP contribution in [0, 0.1) is 13.8 Å². The number of hydrogen-bond donors (Lipinski definition) is 0. The Morgan fingerprint density at radius 1 is 0.974 bits per heavy atom. The van der Waals surface area contributed by atoms with Crippen molar-refractivity contribution in [2.75, 3.05) is 27.4 Å². The molecule has 3 aromatic carbocycles. The van der Waals surface area contributed by atoms with Gasteiger partial charge in [-0.3, -0.25) is 9.59 Å². The SMILES string of the molecule is C=CCOc1ccc(C2c3c(oc4cc(C)cc(C)c4c3=O)C(=O)N2CCc2ccc(OC)c(OC)c2)cc1. The van der Waals surface area contributed by atoms with Gasteiger partial charge in [-0.25, -0.2) is 0 Å². The zero-order valence-electron chi connectivity index (χ0n) is 22.6. The highest BCUT2D eigenvalue weighted by atomic mass is 16.5. The molecule has 39 heavy (non-hydrogen) atoms. The van der Waals surface area contributed by atoms with E-state index in [2.05, 4.69) is 6.58 Å². The van der Waals surface area contributed by atoms with Crippen molar-refractivity contribution in [1.29, 1.82) is 0 Å². The molecule has 2 heterocycles. The van der Waals surface area contributed by atoms with Gasteiger partial charge in [0.05, 0.1) is 31.2 Å². The summed E-state index contributed by atoms with van der Waals surface area (Å²) in [4.78, 5) is 29.5. The van der Waals surface area contributed by atoms with Gasteiger partial charge in [0.2, 0.25) is 5.76 Å². The van der Waals surface area contributed by atoms with Crippen molar-refractivity contribution in [2.24, 2.45) is 0 Å². The summed E-state index contributed by atoms with van der Waals surface area (Å²) in [5.74, 6) is 1.72. The summed E-state index contributed by atoms with van der Waals surface area (Å²) in [6.07, 6.45) is 2.22. The number of carbonyl (C=O) groups is 1. The molecule has 1 amide bonds. The summed E-state index contributed by atoms with van der Waals surface area (Å²) in [6.45, 7) is 8.27. The molecule has 0 saturated carbocycles. The molecule has 0 bridgehead atoms. The number of aryl methyl sites for hydroxylation is 2. The van der Waals surface area contributed by atoms with E-state index in [1.165, 1.54) is 0 Å². The van der Waals surface area contributed by atoms with E-state index in [1.807, 2.05) is 68.4 Å². The Labute approximate surface area is 227 Å². The second kappa shape index (κ2) is 10.7. The zero-order chi connectivity index (χ0) is 27.7. The fourth-order valence-electron chi connectivity index (χ4n) is 5.28. The normalized spacial score (nSPS) is 14.4. The van der Waals surface area contributed by atoms with E-state index in [-0.39, 0.29) is 17.1 Å². The Balaban J connectivity index is 1.59. The smallest absolute Gasteiger partial charge is 0.290 e. The highest BCUT2D eigenvalue weighted by Gasteiger charge is 2.42. The van der Waals surface area contributed by atoms with Crippen molar-refractivity contribution < 1.29 is 23.4 Å². The number of ether oxygens (including phenoxy) is 3. The Morgan fingerprint density at radius 2 is 1.72 bits per heavy atom. The molecule has 1 atom stereocenters. The third-order valence-corrected chi connectivity index (χ3v) is 7.07. The number of benzene rings is 3. The molecule has 7 nitrogen and oxygen atoms in total. The molecule has 5 rings (SSSR count). The lowest BCUT2D eigenvalue weighted by Crippen LogP contribution is -2.31. The van der Waals surface area contributed by atoms with Crippen LogP contribution < -0.4 is 19.6 Å². The average Bonchev–Trinajstić information content (AvgIpc) is 3.21. The minimum atomic E-state index is -0.595. The summed E-state index contributed by atoms with van der Waals surface area (Å²) in [7, 11) is 3.18. The van der Waals surface area contributed by atoms with E-state index in [0.29, 0.717) is 53.4 Å². The van der Waals surface area contributed by atoms with Crippen LogP contribution in [0.4, 0.5) is 0 Å². The van der Waals surface area contributed by atoms with Gasteiger partial charge in [0.25, 0.3) is 5.91 Å². The molecule has 0 aliphatic carbocycles. The monoisotopic (exact) mass is 525 g/mol. The molecular formula is C32H31NO6. The topological polar surface area (TPSA) is 78.2 Å². The van der Waals surface area contributed by atoms with Crippen LogP contribution in [0.1, 0.15) is 44.4 Å². The van der Waals surface area contributed by atoms with Gasteiger partial charge in [0.15, 0.2) is 16.9 Å². The fourth-order valence-corrected chi connectivity index (χ4v) is 5.28. The summed E-state index contributed by atoms with van der Waals surface area (Å²) in [6, 6.07) is 16.3. The van der Waals surface area contributed by atoms with Crippen LogP contribution in [0.2, 0.25) is 0 Å². The van der Waals surface area contributed by atoms with Crippen molar-refractivity contribution in [2.45, 2.75) is 26.3 Å². The summed E-state index contributed by atoms with van der Waals surface area (Å²) in [5.41, 5.74) is 4.18. The van der Waals surface area contributed by atoms with Crippen LogP contribution in [0.3, 0.4) is 0 Å². The predicted molar refractivity (Wildman–Crippen MR) is 150 cm³/mol. The van der Waals surface area contributed by atoms with Crippen LogP contribution in [0.15, 0.2) is 76.5 Å². The van der Waals surface area contributed by atoms with E-state index in [0.717, 1.165) is 22.3 Å². The molecule has 1 unspecified atom stereocenters. The quantitative estimate of drug-likeness (QED) is 0.258. The Hall–Kier alpha value is -4.52. The third-order valence-electron chi connectivity index (χ3n) is 7.07. The van der Waals surface area contributed by atoms with Crippen molar-refractivity contribution >= 4 is 16.9 Å². The molecule has 0 radical (unpaired) electrons. The van der Waals surface area contributed by atoms with Crippen molar-refractivity contribution in [3.05, 3.63) is 111 Å². The first-order chi connectivity index (χ1) is 18.9.